The molecule has 3 N–H and O–H groups in total. The summed E-state index contributed by atoms with van der Waals surface area (Å²) in [5, 5.41) is 18.1. The molecule has 1 fully saturated rings. The molecule has 2 amide bonds. The van der Waals surface area contributed by atoms with Gasteiger partial charge in [-0.05, 0) is 25.7 Å². The molecule has 1 aromatic heterocycles. The molecule has 6 nitrogen and oxygen atoms in total. The van der Waals surface area contributed by atoms with Crippen molar-refractivity contribution >= 4 is 22.5 Å². The average molecular weight is 298 g/mol. The van der Waals surface area contributed by atoms with Crippen LogP contribution in [0.5, 0.6) is 0 Å². The largest absolute Gasteiger partial charge is 0.393 e. The Morgan fingerprint density at radius 1 is 1.45 bits per heavy atom. The van der Waals surface area contributed by atoms with E-state index in [-0.39, 0.29) is 18.2 Å². The smallest absolute Gasteiger partial charge is 0.315 e. The number of nitrogens with one attached hydrogen (secondary N) is 2. The van der Waals surface area contributed by atoms with Gasteiger partial charge in [0, 0.05) is 25.5 Å². The van der Waals surface area contributed by atoms with Gasteiger partial charge in [-0.3, -0.25) is 0 Å². The molecule has 2 rings (SSSR count). The summed E-state index contributed by atoms with van der Waals surface area (Å²) in [6.07, 6.45) is 3.02. The van der Waals surface area contributed by atoms with Crippen molar-refractivity contribution in [3.05, 3.63) is 11.1 Å². The van der Waals surface area contributed by atoms with Crippen LogP contribution in [0.15, 0.2) is 5.38 Å². The Morgan fingerprint density at radius 3 is 2.75 bits per heavy atom. The summed E-state index contributed by atoms with van der Waals surface area (Å²) in [6, 6.07) is 0.0111. The number of aliphatic hydroxyl groups excluding tert-OH is 1. The molecule has 1 saturated carbocycles. The lowest BCUT2D eigenvalue weighted by Crippen LogP contribution is -2.43. The molecule has 0 spiro atoms. The summed E-state index contributed by atoms with van der Waals surface area (Å²) in [6.45, 7) is 0.436. The summed E-state index contributed by atoms with van der Waals surface area (Å²) in [4.78, 5) is 18.1. The van der Waals surface area contributed by atoms with Gasteiger partial charge in [0.15, 0.2) is 5.13 Å². The van der Waals surface area contributed by atoms with E-state index in [2.05, 4.69) is 15.6 Å². The lowest BCUT2D eigenvalue weighted by atomic mass is 9.93. The Hall–Kier alpha value is -1.34. The lowest BCUT2D eigenvalue weighted by molar-refractivity contribution is 0.117. The summed E-state index contributed by atoms with van der Waals surface area (Å²) >= 11 is 1.56. The highest BCUT2D eigenvalue weighted by Crippen LogP contribution is 2.19. The monoisotopic (exact) mass is 298 g/mol. The number of rotatable bonds is 4. The second-order valence-corrected chi connectivity index (χ2v) is 6.18. The van der Waals surface area contributed by atoms with Crippen LogP contribution in [0.1, 0.15) is 31.4 Å². The van der Waals surface area contributed by atoms with Crippen LogP contribution in [0, 0.1) is 0 Å². The minimum atomic E-state index is -0.199. The highest BCUT2D eigenvalue weighted by atomic mass is 32.1. The molecule has 1 aliphatic rings. The van der Waals surface area contributed by atoms with Gasteiger partial charge in [-0.2, -0.15) is 0 Å². The third kappa shape index (κ3) is 4.35. The highest BCUT2D eigenvalue weighted by Gasteiger charge is 2.20. The van der Waals surface area contributed by atoms with Crippen LogP contribution in [0.25, 0.3) is 0 Å². The molecule has 0 saturated heterocycles. The maximum atomic E-state index is 11.8. The first kappa shape index (κ1) is 15.1. The molecule has 0 aliphatic heterocycles. The second-order valence-electron chi connectivity index (χ2n) is 5.35. The van der Waals surface area contributed by atoms with E-state index in [0.29, 0.717) is 6.54 Å². The van der Waals surface area contributed by atoms with Gasteiger partial charge in [0.25, 0.3) is 0 Å². The van der Waals surface area contributed by atoms with E-state index < -0.39 is 0 Å². The Labute approximate surface area is 123 Å². The van der Waals surface area contributed by atoms with Crippen LogP contribution in [0.2, 0.25) is 0 Å². The van der Waals surface area contributed by atoms with Crippen molar-refractivity contribution < 1.29 is 9.90 Å². The number of aromatic nitrogens is 1. The maximum Gasteiger partial charge on any atom is 0.315 e. The average Bonchev–Trinajstić information content (AvgIpc) is 2.88. The zero-order chi connectivity index (χ0) is 14.5. The second kappa shape index (κ2) is 6.90. The number of amides is 2. The van der Waals surface area contributed by atoms with Crippen molar-refractivity contribution in [1.82, 2.24) is 15.6 Å². The van der Waals surface area contributed by atoms with E-state index in [4.69, 9.17) is 0 Å². The first-order chi connectivity index (χ1) is 9.54. The lowest BCUT2D eigenvalue weighted by Gasteiger charge is -2.26. The minimum absolute atomic E-state index is 0.161. The number of carbonyl (C=O) groups excluding carboxylic acids is 1. The molecule has 0 radical (unpaired) electrons. The quantitative estimate of drug-likeness (QED) is 0.783. The molecule has 0 bridgehead atoms. The predicted octanol–water partition coefficient (Wildman–Crippen LogP) is 1.31. The Bertz CT molecular complexity index is 441. The van der Waals surface area contributed by atoms with E-state index in [1.165, 1.54) is 0 Å². The first-order valence-corrected chi connectivity index (χ1v) is 7.76. The van der Waals surface area contributed by atoms with Gasteiger partial charge in [0.05, 0.1) is 18.3 Å². The molecule has 20 heavy (non-hydrogen) atoms. The Kier molecular flexibility index (Phi) is 5.19. The van der Waals surface area contributed by atoms with Gasteiger partial charge < -0.3 is 20.6 Å². The van der Waals surface area contributed by atoms with Crippen molar-refractivity contribution in [2.45, 2.75) is 44.4 Å². The van der Waals surface area contributed by atoms with E-state index in [1.54, 1.807) is 11.3 Å². The number of urea groups is 1. The number of hydrogen-bond acceptors (Lipinski definition) is 5. The predicted molar refractivity (Wildman–Crippen MR) is 80.1 cm³/mol. The summed E-state index contributed by atoms with van der Waals surface area (Å²) in [7, 11) is 3.89. The fraction of sp³-hybridized carbons (Fsp3) is 0.692. The van der Waals surface area contributed by atoms with Crippen LogP contribution in [-0.4, -0.2) is 42.4 Å². The first-order valence-electron chi connectivity index (χ1n) is 6.88. The van der Waals surface area contributed by atoms with Crippen LogP contribution in [0.3, 0.4) is 0 Å². The van der Waals surface area contributed by atoms with Crippen molar-refractivity contribution in [2.24, 2.45) is 0 Å². The minimum Gasteiger partial charge on any atom is -0.393 e. The van der Waals surface area contributed by atoms with E-state index in [9.17, 15) is 9.90 Å². The molecule has 0 aromatic carbocycles. The van der Waals surface area contributed by atoms with Gasteiger partial charge in [0.2, 0.25) is 0 Å². The highest BCUT2D eigenvalue weighted by molar-refractivity contribution is 7.13. The van der Waals surface area contributed by atoms with E-state index >= 15 is 0 Å². The molecule has 1 aliphatic carbocycles. The van der Waals surface area contributed by atoms with Gasteiger partial charge in [-0.1, -0.05) is 0 Å². The third-order valence-corrected chi connectivity index (χ3v) is 4.44. The van der Waals surface area contributed by atoms with Crippen molar-refractivity contribution in [2.75, 3.05) is 19.0 Å². The number of nitrogens with zero attached hydrogens (tertiary/aromatic N) is 2. The molecule has 1 aromatic rings. The fourth-order valence-corrected chi connectivity index (χ4v) is 2.97. The zero-order valence-corrected chi connectivity index (χ0v) is 12.7. The molecule has 112 valence electrons. The standard InChI is InChI=1S/C13H22N4O2S/c1-17(2)13-16-10(8-20-13)7-14-12(19)15-9-3-5-11(18)6-4-9/h8-9,11,18H,3-7H2,1-2H3,(H2,14,15,19). The number of thiazole rings is 1. The van der Waals surface area contributed by atoms with Gasteiger partial charge >= 0.3 is 6.03 Å². The van der Waals surface area contributed by atoms with Gasteiger partial charge in [-0.25, -0.2) is 9.78 Å². The number of carbonyl (C=O) groups is 1. The summed E-state index contributed by atoms with van der Waals surface area (Å²) < 4.78 is 0. The number of aliphatic hydroxyl groups is 1. The van der Waals surface area contributed by atoms with E-state index in [1.807, 2.05) is 24.4 Å². The zero-order valence-electron chi connectivity index (χ0n) is 11.9. The number of anilines is 1. The van der Waals surface area contributed by atoms with Crippen molar-refractivity contribution in [3.8, 4) is 0 Å². The third-order valence-electron chi connectivity index (χ3n) is 3.38. The van der Waals surface area contributed by atoms with E-state index in [0.717, 1.165) is 36.5 Å². The summed E-state index contributed by atoms with van der Waals surface area (Å²) in [5.41, 5.74) is 0.868. The van der Waals surface area contributed by atoms with Gasteiger partial charge in [-0.15, -0.1) is 11.3 Å². The SMILES string of the molecule is CN(C)c1nc(CNC(=O)NC2CCC(O)CC2)cs1. The Balaban J connectivity index is 1.71. The van der Waals surface area contributed by atoms with Crippen LogP contribution >= 0.6 is 11.3 Å². The van der Waals surface area contributed by atoms with Gasteiger partial charge in [0.1, 0.15) is 0 Å². The summed E-state index contributed by atoms with van der Waals surface area (Å²) in [5.74, 6) is 0. The molecule has 0 unspecified atom stereocenters. The number of hydrogen-bond donors (Lipinski definition) is 3. The molecule has 1 heterocycles. The topological polar surface area (TPSA) is 77.5 Å². The van der Waals surface area contributed by atoms with Crippen LogP contribution in [0.4, 0.5) is 9.93 Å². The van der Waals surface area contributed by atoms with Crippen molar-refractivity contribution in [1.29, 1.82) is 0 Å². The fourth-order valence-electron chi connectivity index (χ4n) is 2.21. The molecular weight excluding hydrogens is 276 g/mol. The van der Waals surface area contributed by atoms with Crippen molar-refractivity contribution in [3.63, 3.8) is 0 Å². The molecule has 0 atom stereocenters. The maximum absolute atomic E-state index is 11.8. The Morgan fingerprint density at radius 2 is 2.15 bits per heavy atom. The molecular formula is C13H22N4O2S. The van der Waals surface area contributed by atoms with Crippen LogP contribution in [-0.2, 0) is 6.54 Å². The molecule has 7 heteroatoms. The van der Waals surface area contributed by atoms with Crippen LogP contribution < -0.4 is 15.5 Å². The normalized spacial score (nSPS) is 22.4.